The second-order valence-electron chi connectivity index (χ2n) is 11.2. The number of carbonyl (C=O) groups excluding carboxylic acids is 4. The zero-order valence-corrected chi connectivity index (χ0v) is 25.2. The van der Waals surface area contributed by atoms with Gasteiger partial charge in [0, 0.05) is 18.7 Å². The van der Waals surface area contributed by atoms with Gasteiger partial charge in [-0.15, -0.1) is 6.42 Å². The fourth-order valence-electron chi connectivity index (χ4n) is 4.50. The van der Waals surface area contributed by atoms with Crippen molar-refractivity contribution in [3.63, 3.8) is 0 Å². The van der Waals surface area contributed by atoms with Gasteiger partial charge in [0.25, 0.3) is 0 Å². The van der Waals surface area contributed by atoms with E-state index < -0.39 is 47.9 Å². The Morgan fingerprint density at radius 1 is 0.976 bits per heavy atom. The third-order valence-corrected chi connectivity index (χ3v) is 6.46. The van der Waals surface area contributed by atoms with Gasteiger partial charge in [-0.3, -0.25) is 14.4 Å². The number of alkyl carbamates (subject to hydrolysis) is 1. The van der Waals surface area contributed by atoms with Gasteiger partial charge < -0.3 is 26.0 Å². The zero-order chi connectivity index (χ0) is 31.1. The van der Waals surface area contributed by atoms with Crippen LogP contribution in [0.3, 0.4) is 0 Å². The van der Waals surface area contributed by atoms with Crippen LogP contribution in [0.25, 0.3) is 0 Å². The quantitative estimate of drug-likeness (QED) is 0.211. The Balaban J connectivity index is 2.53. The first-order chi connectivity index (χ1) is 20.0. The number of hydrogen-bond donors (Lipinski definition) is 3. The van der Waals surface area contributed by atoms with Crippen molar-refractivity contribution < 1.29 is 23.9 Å². The average Bonchev–Trinajstić information content (AvgIpc) is 2.94. The summed E-state index contributed by atoms with van der Waals surface area (Å²) in [6, 6.07) is 13.8. The number of ether oxygens (including phenoxy) is 1. The molecule has 0 aliphatic carbocycles. The molecule has 2 aromatic rings. The molecule has 0 bridgehead atoms. The lowest BCUT2D eigenvalue weighted by Crippen LogP contribution is -2.54. The highest BCUT2D eigenvalue weighted by atomic mass is 16.6. The second-order valence-corrected chi connectivity index (χ2v) is 11.2. The topological polar surface area (TPSA) is 131 Å². The maximum absolute atomic E-state index is 14.2. The van der Waals surface area contributed by atoms with Crippen molar-refractivity contribution in [1.82, 2.24) is 15.5 Å². The number of unbranched alkanes of at least 4 members (excludes halogenated alkanes) is 4. The molecule has 226 valence electrons. The average molecular weight is 577 g/mol. The van der Waals surface area contributed by atoms with Crippen LogP contribution in [0.4, 0.5) is 4.79 Å². The van der Waals surface area contributed by atoms with Crippen LogP contribution < -0.4 is 16.4 Å². The predicted molar refractivity (Wildman–Crippen MR) is 163 cm³/mol. The van der Waals surface area contributed by atoms with Gasteiger partial charge in [-0.1, -0.05) is 87.1 Å². The van der Waals surface area contributed by atoms with Crippen molar-refractivity contribution in [2.75, 3.05) is 6.54 Å². The first-order valence-corrected chi connectivity index (χ1v) is 14.4. The highest BCUT2D eigenvalue weighted by Gasteiger charge is 2.37. The summed E-state index contributed by atoms with van der Waals surface area (Å²) in [4.78, 5) is 54.3. The Morgan fingerprint density at radius 2 is 1.62 bits per heavy atom. The summed E-state index contributed by atoms with van der Waals surface area (Å²) in [5.74, 6) is 0.747. The number of nitrogens with one attached hydrogen (secondary N) is 2. The number of primary amides is 1. The highest BCUT2D eigenvalue weighted by molar-refractivity contribution is 5.94. The second kappa shape index (κ2) is 16.8. The molecule has 0 spiro atoms. The molecule has 4 amide bonds. The van der Waals surface area contributed by atoms with Crippen LogP contribution in [0.15, 0.2) is 54.6 Å². The molecule has 42 heavy (non-hydrogen) atoms. The number of nitrogens with zero attached hydrogens (tertiary/aromatic N) is 1. The first kappa shape index (κ1) is 33.9. The molecule has 9 heteroatoms. The molecule has 0 saturated carbocycles. The molecule has 0 radical (unpaired) electrons. The highest BCUT2D eigenvalue weighted by Crippen LogP contribution is 2.27. The van der Waals surface area contributed by atoms with E-state index in [0.29, 0.717) is 17.5 Å². The number of terminal acetylenes is 1. The fourth-order valence-corrected chi connectivity index (χ4v) is 4.50. The van der Waals surface area contributed by atoms with E-state index in [1.807, 2.05) is 30.3 Å². The van der Waals surface area contributed by atoms with Crippen LogP contribution in [0.1, 0.15) is 89.0 Å². The third kappa shape index (κ3) is 11.3. The number of rotatable bonds is 15. The van der Waals surface area contributed by atoms with Gasteiger partial charge in [0.05, 0.1) is 6.42 Å². The van der Waals surface area contributed by atoms with Crippen molar-refractivity contribution in [3.05, 3.63) is 71.3 Å². The first-order valence-electron chi connectivity index (χ1n) is 14.4. The Labute approximate surface area is 249 Å². The van der Waals surface area contributed by atoms with Gasteiger partial charge in [-0.05, 0) is 44.4 Å². The fraction of sp³-hybridized carbons (Fsp3) is 0.455. The van der Waals surface area contributed by atoms with Gasteiger partial charge in [0.2, 0.25) is 17.7 Å². The number of hydrogen-bond acceptors (Lipinski definition) is 5. The maximum Gasteiger partial charge on any atom is 0.408 e. The summed E-state index contributed by atoms with van der Waals surface area (Å²) in [5, 5.41) is 5.44. The minimum atomic E-state index is -1.35. The molecule has 4 N–H and O–H groups in total. The summed E-state index contributed by atoms with van der Waals surface area (Å²) >= 11 is 0. The Hall–Kier alpha value is -4.32. The van der Waals surface area contributed by atoms with Gasteiger partial charge in [0.15, 0.2) is 0 Å². The van der Waals surface area contributed by atoms with Crippen LogP contribution in [0.5, 0.6) is 0 Å². The van der Waals surface area contributed by atoms with E-state index in [4.69, 9.17) is 16.9 Å². The number of carbonyl (C=O) groups is 4. The lowest BCUT2D eigenvalue weighted by molar-refractivity contribution is -0.143. The summed E-state index contributed by atoms with van der Waals surface area (Å²) in [6.45, 7) is 7.58. The van der Waals surface area contributed by atoms with Gasteiger partial charge in [-0.25, -0.2) is 4.79 Å². The van der Waals surface area contributed by atoms with E-state index in [1.54, 1.807) is 45.0 Å². The smallest absolute Gasteiger partial charge is 0.408 e. The van der Waals surface area contributed by atoms with E-state index in [-0.39, 0.29) is 13.1 Å². The summed E-state index contributed by atoms with van der Waals surface area (Å²) in [6.07, 6.45) is 8.94. The molecular formula is C33H44N4O5. The SMILES string of the molecule is C#Cc1ccccc1C(C(=O)NCc1ccccc1)N(CCCCCCC)C(=O)C(CC(N)=O)NC(=O)OC(C)(C)C. The minimum absolute atomic E-state index is 0.191. The molecule has 9 nitrogen and oxygen atoms in total. The van der Waals surface area contributed by atoms with Crippen molar-refractivity contribution in [3.8, 4) is 12.3 Å². The Kier molecular flexibility index (Phi) is 13.6. The Bertz CT molecular complexity index is 1230. The molecule has 0 aromatic heterocycles. The van der Waals surface area contributed by atoms with Crippen LogP contribution >= 0.6 is 0 Å². The molecule has 0 saturated heterocycles. The zero-order valence-electron chi connectivity index (χ0n) is 25.2. The largest absolute Gasteiger partial charge is 0.444 e. The molecule has 0 heterocycles. The van der Waals surface area contributed by atoms with Crippen LogP contribution in [0.2, 0.25) is 0 Å². The van der Waals surface area contributed by atoms with Gasteiger partial charge in [0.1, 0.15) is 17.7 Å². The monoisotopic (exact) mass is 576 g/mol. The van der Waals surface area contributed by atoms with Crippen molar-refractivity contribution in [2.45, 2.75) is 90.4 Å². The van der Waals surface area contributed by atoms with Crippen molar-refractivity contribution in [2.24, 2.45) is 5.73 Å². The normalized spacial score (nSPS) is 12.4. The summed E-state index contributed by atoms with van der Waals surface area (Å²) < 4.78 is 5.34. The van der Waals surface area contributed by atoms with Crippen LogP contribution in [-0.4, -0.2) is 46.9 Å². The molecule has 2 unspecified atom stereocenters. The molecule has 2 atom stereocenters. The molecule has 2 rings (SSSR count). The van der Waals surface area contributed by atoms with Gasteiger partial charge >= 0.3 is 6.09 Å². The lowest BCUT2D eigenvalue weighted by Gasteiger charge is -2.35. The number of benzene rings is 2. The van der Waals surface area contributed by atoms with Crippen LogP contribution in [0, 0.1) is 12.3 Å². The Morgan fingerprint density at radius 3 is 2.24 bits per heavy atom. The number of nitrogens with two attached hydrogens (primary N) is 1. The van der Waals surface area contributed by atoms with E-state index in [1.165, 1.54) is 4.90 Å². The van der Waals surface area contributed by atoms with Gasteiger partial charge in [-0.2, -0.15) is 0 Å². The molecular weight excluding hydrogens is 532 g/mol. The molecule has 0 aliphatic heterocycles. The number of amides is 4. The van der Waals surface area contributed by atoms with E-state index >= 15 is 0 Å². The standard InChI is InChI=1S/C33H44N4O5/c1-6-8-9-10-16-21-37(31(40)27(22-28(34)38)36-32(41)42-33(3,4)5)29(26-20-15-14-19-25(26)7-2)30(39)35-23-24-17-12-11-13-18-24/h2,11-15,17-20,27,29H,6,8-10,16,21-23H2,1,3-5H3,(H2,34,38)(H,35,39)(H,36,41). The molecule has 0 aliphatic rings. The van der Waals surface area contributed by atoms with Crippen molar-refractivity contribution >= 4 is 23.8 Å². The summed E-state index contributed by atoms with van der Waals surface area (Å²) in [5.41, 5.74) is 6.44. The molecule has 2 aromatic carbocycles. The van der Waals surface area contributed by atoms with E-state index in [2.05, 4.69) is 23.5 Å². The minimum Gasteiger partial charge on any atom is -0.444 e. The third-order valence-electron chi connectivity index (χ3n) is 6.46. The van der Waals surface area contributed by atoms with Crippen molar-refractivity contribution in [1.29, 1.82) is 0 Å². The summed E-state index contributed by atoms with van der Waals surface area (Å²) in [7, 11) is 0. The maximum atomic E-state index is 14.2. The molecule has 0 fully saturated rings. The van der Waals surface area contributed by atoms with E-state index in [0.717, 1.165) is 31.2 Å². The van der Waals surface area contributed by atoms with E-state index in [9.17, 15) is 19.2 Å². The lowest BCUT2D eigenvalue weighted by atomic mass is 9.96. The predicted octanol–water partition coefficient (Wildman–Crippen LogP) is 4.59. The van der Waals surface area contributed by atoms with Crippen LogP contribution in [-0.2, 0) is 25.7 Å².